The molecule has 0 spiro atoms. The maximum absolute atomic E-state index is 13.5. The van der Waals surface area contributed by atoms with Crippen LogP contribution in [0.25, 0.3) is 0 Å². The first-order chi connectivity index (χ1) is 9.83. The highest BCUT2D eigenvalue weighted by atomic mass is 32.2. The molecule has 0 amide bonds. The third kappa shape index (κ3) is 3.55. The summed E-state index contributed by atoms with van der Waals surface area (Å²) in [4.78, 5) is 0.104. The maximum Gasteiger partial charge on any atom is 0.241 e. The molecule has 0 saturated heterocycles. The number of anilines is 1. The van der Waals surface area contributed by atoms with Crippen molar-refractivity contribution < 1.29 is 12.8 Å². The van der Waals surface area contributed by atoms with E-state index in [0.29, 0.717) is 18.0 Å². The minimum Gasteiger partial charge on any atom is -0.396 e. The van der Waals surface area contributed by atoms with Crippen LogP contribution in [0.4, 0.5) is 10.1 Å². The van der Waals surface area contributed by atoms with Crippen LogP contribution in [0.1, 0.15) is 43.2 Å². The van der Waals surface area contributed by atoms with Gasteiger partial charge in [0.1, 0.15) is 5.82 Å². The molecule has 0 aliphatic heterocycles. The molecule has 0 atom stereocenters. The second-order valence-corrected chi connectivity index (χ2v) is 7.58. The van der Waals surface area contributed by atoms with Crippen LogP contribution in [0.15, 0.2) is 11.0 Å². The molecule has 0 unspecified atom stereocenters. The fraction of sp³-hybridized carbons (Fsp3) is 0.600. The number of rotatable bonds is 5. The van der Waals surface area contributed by atoms with Gasteiger partial charge in [-0.2, -0.15) is 0 Å². The SMILES string of the molecule is Cc1cc(F)c(N)c(C)c1S(=O)(=O)NCCC1CCCC1. The highest BCUT2D eigenvalue weighted by Gasteiger charge is 2.23. The number of halogens is 1. The summed E-state index contributed by atoms with van der Waals surface area (Å²) < 4.78 is 41.0. The van der Waals surface area contributed by atoms with Crippen molar-refractivity contribution in [1.29, 1.82) is 0 Å². The van der Waals surface area contributed by atoms with E-state index in [4.69, 9.17) is 5.73 Å². The average Bonchev–Trinajstić information content (AvgIpc) is 2.88. The number of hydrogen-bond donors (Lipinski definition) is 2. The van der Waals surface area contributed by atoms with Gasteiger partial charge in [-0.1, -0.05) is 25.7 Å². The summed E-state index contributed by atoms with van der Waals surface area (Å²) in [5.41, 5.74) is 6.17. The van der Waals surface area contributed by atoms with Crippen molar-refractivity contribution >= 4 is 15.7 Å². The Morgan fingerprint density at radius 2 is 1.95 bits per heavy atom. The summed E-state index contributed by atoms with van der Waals surface area (Å²) in [6.45, 7) is 3.54. The lowest BCUT2D eigenvalue weighted by Crippen LogP contribution is -2.27. The molecule has 6 heteroatoms. The Kier molecular flexibility index (Phi) is 4.88. The average molecular weight is 314 g/mol. The Balaban J connectivity index is 2.14. The van der Waals surface area contributed by atoms with Gasteiger partial charge in [0, 0.05) is 6.54 Å². The topological polar surface area (TPSA) is 72.2 Å². The van der Waals surface area contributed by atoms with Gasteiger partial charge in [0.25, 0.3) is 0 Å². The van der Waals surface area contributed by atoms with Crippen LogP contribution in [-0.2, 0) is 10.0 Å². The smallest absolute Gasteiger partial charge is 0.241 e. The fourth-order valence-corrected chi connectivity index (χ4v) is 4.64. The number of benzene rings is 1. The first-order valence-electron chi connectivity index (χ1n) is 7.37. The molecule has 1 aromatic rings. The quantitative estimate of drug-likeness (QED) is 0.821. The Morgan fingerprint density at radius 3 is 2.57 bits per heavy atom. The molecule has 0 aromatic heterocycles. The third-order valence-corrected chi connectivity index (χ3v) is 6.04. The molecule has 4 nitrogen and oxygen atoms in total. The zero-order valence-corrected chi connectivity index (χ0v) is 13.4. The molecule has 2 rings (SSSR count). The van der Waals surface area contributed by atoms with E-state index >= 15 is 0 Å². The molecule has 0 heterocycles. The lowest BCUT2D eigenvalue weighted by molar-refractivity contribution is 0.495. The molecule has 1 aliphatic carbocycles. The van der Waals surface area contributed by atoms with E-state index in [-0.39, 0.29) is 16.1 Å². The molecule has 1 aromatic carbocycles. The van der Waals surface area contributed by atoms with Crippen molar-refractivity contribution in [1.82, 2.24) is 4.72 Å². The van der Waals surface area contributed by atoms with Gasteiger partial charge >= 0.3 is 0 Å². The van der Waals surface area contributed by atoms with E-state index in [0.717, 1.165) is 6.42 Å². The minimum atomic E-state index is -3.65. The summed E-state index contributed by atoms with van der Waals surface area (Å²) in [6.07, 6.45) is 5.70. The largest absolute Gasteiger partial charge is 0.396 e. The van der Waals surface area contributed by atoms with E-state index in [1.165, 1.54) is 38.7 Å². The van der Waals surface area contributed by atoms with Crippen molar-refractivity contribution in [2.75, 3.05) is 12.3 Å². The molecular formula is C15H23FN2O2S. The normalized spacial score (nSPS) is 16.5. The summed E-state index contributed by atoms with van der Waals surface area (Å²) in [7, 11) is -3.65. The maximum atomic E-state index is 13.5. The monoisotopic (exact) mass is 314 g/mol. The van der Waals surface area contributed by atoms with Crippen LogP contribution < -0.4 is 10.5 Å². The highest BCUT2D eigenvalue weighted by Crippen LogP contribution is 2.29. The molecule has 0 radical (unpaired) electrons. The molecule has 0 bridgehead atoms. The van der Waals surface area contributed by atoms with Crippen molar-refractivity contribution in [3.8, 4) is 0 Å². The van der Waals surface area contributed by atoms with E-state index < -0.39 is 15.8 Å². The van der Waals surface area contributed by atoms with Crippen LogP contribution in [0, 0.1) is 25.6 Å². The lowest BCUT2D eigenvalue weighted by atomic mass is 10.1. The standard InChI is InChI=1S/C15H23FN2O2S/c1-10-9-13(16)14(17)11(2)15(10)21(19,20)18-8-7-12-5-3-4-6-12/h9,12,18H,3-8,17H2,1-2H3. The molecule has 21 heavy (non-hydrogen) atoms. The van der Waals surface area contributed by atoms with Gasteiger partial charge in [-0.05, 0) is 43.4 Å². The van der Waals surface area contributed by atoms with Gasteiger partial charge in [0.05, 0.1) is 10.6 Å². The van der Waals surface area contributed by atoms with Gasteiger partial charge in [0.2, 0.25) is 10.0 Å². The van der Waals surface area contributed by atoms with Crippen LogP contribution >= 0.6 is 0 Å². The summed E-state index contributed by atoms with van der Waals surface area (Å²) >= 11 is 0. The number of hydrogen-bond acceptors (Lipinski definition) is 3. The minimum absolute atomic E-state index is 0.100. The van der Waals surface area contributed by atoms with Gasteiger partial charge in [0.15, 0.2) is 0 Å². The van der Waals surface area contributed by atoms with Crippen LogP contribution in [0.2, 0.25) is 0 Å². The lowest BCUT2D eigenvalue weighted by Gasteiger charge is -2.15. The van der Waals surface area contributed by atoms with Gasteiger partial charge in [-0.3, -0.25) is 0 Å². The number of nitrogen functional groups attached to an aromatic ring is 1. The molecule has 3 N–H and O–H groups in total. The summed E-state index contributed by atoms with van der Waals surface area (Å²) in [5, 5.41) is 0. The summed E-state index contributed by atoms with van der Waals surface area (Å²) in [6, 6.07) is 1.17. The zero-order chi connectivity index (χ0) is 15.6. The van der Waals surface area contributed by atoms with Crippen molar-refractivity contribution in [3.05, 3.63) is 23.0 Å². The first-order valence-corrected chi connectivity index (χ1v) is 8.86. The van der Waals surface area contributed by atoms with E-state index in [9.17, 15) is 12.8 Å². The van der Waals surface area contributed by atoms with Crippen LogP contribution in [0.5, 0.6) is 0 Å². The van der Waals surface area contributed by atoms with E-state index in [2.05, 4.69) is 4.72 Å². The van der Waals surface area contributed by atoms with E-state index in [1.807, 2.05) is 0 Å². The predicted molar refractivity (Wildman–Crippen MR) is 82.0 cm³/mol. The highest BCUT2D eigenvalue weighted by molar-refractivity contribution is 7.89. The third-order valence-electron chi connectivity index (χ3n) is 4.29. The van der Waals surface area contributed by atoms with Gasteiger partial charge in [-0.25, -0.2) is 17.5 Å². The zero-order valence-electron chi connectivity index (χ0n) is 12.6. The van der Waals surface area contributed by atoms with Crippen LogP contribution in [0.3, 0.4) is 0 Å². The Bertz CT molecular complexity index is 623. The van der Waals surface area contributed by atoms with Crippen molar-refractivity contribution in [2.24, 2.45) is 5.92 Å². The summed E-state index contributed by atoms with van der Waals surface area (Å²) in [5.74, 6) is 0.0445. The van der Waals surface area contributed by atoms with Crippen LogP contribution in [-0.4, -0.2) is 15.0 Å². The molecule has 1 saturated carbocycles. The van der Waals surface area contributed by atoms with Gasteiger partial charge in [-0.15, -0.1) is 0 Å². The van der Waals surface area contributed by atoms with Gasteiger partial charge < -0.3 is 5.73 Å². The predicted octanol–water partition coefficient (Wildman–Crippen LogP) is 2.88. The Morgan fingerprint density at radius 1 is 1.33 bits per heavy atom. The number of nitrogens with one attached hydrogen (secondary N) is 1. The number of nitrogens with two attached hydrogens (primary N) is 1. The molecule has 1 aliphatic rings. The first kappa shape index (κ1) is 16.2. The second-order valence-electron chi connectivity index (χ2n) is 5.88. The van der Waals surface area contributed by atoms with Crippen molar-refractivity contribution in [2.45, 2.75) is 50.8 Å². The Labute approximate surface area is 126 Å². The second kappa shape index (κ2) is 6.32. The molecular weight excluding hydrogens is 291 g/mol. The number of sulfonamides is 1. The molecule has 1 fully saturated rings. The fourth-order valence-electron chi connectivity index (χ4n) is 3.11. The molecule has 118 valence electrons. The van der Waals surface area contributed by atoms with Crippen molar-refractivity contribution in [3.63, 3.8) is 0 Å². The Hall–Kier alpha value is -1.14. The number of aryl methyl sites for hydroxylation is 1. The van der Waals surface area contributed by atoms with E-state index in [1.54, 1.807) is 6.92 Å².